The summed E-state index contributed by atoms with van der Waals surface area (Å²) in [7, 11) is 0. The molecule has 1 unspecified atom stereocenters. The second-order valence-electron chi connectivity index (χ2n) is 4.39. The summed E-state index contributed by atoms with van der Waals surface area (Å²) in [5.41, 5.74) is 2.78. The first-order valence-corrected chi connectivity index (χ1v) is 5.82. The molecule has 18 heavy (non-hydrogen) atoms. The Morgan fingerprint density at radius 2 is 2.06 bits per heavy atom. The molecule has 1 saturated heterocycles. The first kappa shape index (κ1) is 12.6. The van der Waals surface area contributed by atoms with E-state index in [-0.39, 0.29) is 25.0 Å². The van der Waals surface area contributed by atoms with Crippen LogP contribution in [0.2, 0.25) is 0 Å². The maximum atomic E-state index is 12.0. The summed E-state index contributed by atoms with van der Waals surface area (Å²) in [6.45, 7) is 4.09. The van der Waals surface area contributed by atoms with E-state index in [1.165, 1.54) is 0 Å². The topological polar surface area (TPSA) is 67.4 Å². The lowest BCUT2D eigenvalue weighted by atomic mass is 10.1. The molecule has 0 aromatic heterocycles. The van der Waals surface area contributed by atoms with Crippen molar-refractivity contribution in [3.05, 3.63) is 29.3 Å². The van der Waals surface area contributed by atoms with Gasteiger partial charge in [0.1, 0.15) is 12.6 Å². The van der Waals surface area contributed by atoms with Crippen LogP contribution >= 0.6 is 0 Å². The summed E-state index contributed by atoms with van der Waals surface area (Å²) in [6.07, 6.45) is 0. The molecule has 0 spiro atoms. The van der Waals surface area contributed by atoms with Crippen LogP contribution in [0.3, 0.4) is 0 Å². The van der Waals surface area contributed by atoms with Crippen LogP contribution in [0.1, 0.15) is 11.1 Å². The number of hydrogen-bond donors (Lipinski definition) is 2. The zero-order valence-electron chi connectivity index (χ0n) is 10.4. The summed E-state index contributed by atoms with van der Waals surface area (Å²) < 4.78 is 5.04. The van der Waals surface area contributed by atoms with Crippen LogP contribution in [0, 0.1) is 13.8 Å². The third-order valence-corrected chi connectivity index (χ3v) is 2.90. The predicted molar refractivity (Wildman–Crippen MR) is 67.3 cm³/mol. The van der Waals surface area contributed by atoms with Crippen molar-refractivity contribution in [1.29, 1.82) is 0 Å². The van der Waals surface area contributed by atoms with Crippen LogP contribution in [-0.4, -0.2) is 31.1 Å². The number of rotatable bonds is 2. The van der Waals surface area contributed by atoms with E-state index < -0.39 is 6.04 Å². The lowest BCUT2D eigenvalue weighted by Crippen LogP contribution is -2.52. The molecule has 2 rings (SSSR count). The molecule has 2 N–H and O–H groups in total. The molecule has 2 amide bonds. The molecule has 1 aromatic rings. The third kappa shape index (κ3) is 2.68. The minimum absolute atomic E-state index is 0.0210. The predicted octanol–water partition coefficient (Wildman–Crippen LogP) is 0.757. The van der Waals surface area contributed by atoms with E-state index in [2.05, 4.69) is 10.6 Å². The largest absolute Gasteiger partial charge is 0.369 e. The highest BCUT2D eigenvalue weighted by Crippen LogP contribution is 2.19. The smallest absolute Gasteiger partial charge is 0.249 e. The molecule has 0 bridgehead atoms. The molecule has 5 heteroatoms. The van der Waals surface area contributed by atoms with Crippen molar-refractivity contribution in [2.75, 3.05) is 18.5 Å². The summed E-state index contributed by atoms with van der Waals surface area (Å²) in [5.74, 6) is -0.511. The van der Waals surface area contributed by atoms with Gasteiger partial charge >= 0.3 is 0 Å². The van der Waals surface area contributed by atoms with E-state index in [1.54, 1.807) is 0 Å². The molecule has 0 aliphatic carbocycles. The quantitative estimate of drug-likeness (QED) is 0.812. The Balaban J connectivity index is 2.09. The van der Waals surface area contributed by atoms with E-state index in [0.717, 1.165) is 16.8 Å². The average Bonchev–Trinajstić information content (AvgIpc) is 2.34. The number of carbonyl (C=O) groups is 2. The normalized spacial score (nSPS) is 19.2. The van der Waals surface area contributed by atoms with Gasteiger partial charge in [0.25, 0.3) is 0 Å². The van der Waals surface area contributed by atoms with Gasteiger partial charge in [-0.3, -0.25) is 9.59 Å². The van der Waals surface area contributed by atoms with Gasteiger partial charge in [0.05, 0.1) is 6.61 Å². The van der Waals surface area contributed by atoms with Crippen molar-refractivity contribution in [3.8, 4) is 0 Å². The zero-order chi connectivity index (χ0) is 13.1. The number of amides is 2. The van der Waals surface area contributed by atoms with Crippen molar-refractivity contribution in [1.82, 2.24) is 5.32 Å². The number of hydrogen-bond acceptors (Lipinski definition) is 3. The van der Waals surface area contributed by atoms with Crippen LogP contribution in [-0.2, 0) is 14.3 Å². The monoisotopic (exact) mass is 248 g/mol. The number of anilines is 1. The van der Waals surface area contributed by atoms with Crippen LogP contribution in [0.15, 0.2) is 18.2 Å². The molecule has 0 radical (unpaired) electrons. The summed E-state index contributed by atoms with van der Waals surface area (Å²) in [4.78, 5) is 23.2. The Hall–Kier alpha value is -1.88. The van der Waals surface area contributed by atoms with E-state index in [0.29, 0.717) is 0 Å². The Morgan fingerprint density at radius 1 is 1.39 bits per heavy atom. The number of carbonyl (C=O) groups excluding carboxylic acids is 2. The lowest BCUT2D eigenvalue weighted by Gasteiger charge is -2.23. The van der Waals surface area contributed by atoms with Crippen molar-refractivity contribution in [2.45, 2.75) is 19.9 Å². The van der Waals surface area contributed by atoms with Crippen molar-refractivity contribution in [3.63, 3.8) is 0 Å². The maximum Gasteiger partial charge on any atom is 0.249 e. The van der Waals surface area contributed by atoms with Gasteiger partial charge in [-0.1, -0.05) is 18.2 Å². The minimum atomic E-state index is -0.620. The fraction of sp³-hybridized carbons (Fsp3) is 0.385. The highest BCUT2D eigenvalue weighted by Gasteiger charge is 2.25. The molecule has 1 atom stereocenters. The summed E-state index contributed by atoms with van der Waals surface area (Å²) in [6, 6.07) is 5.17. The number of aryl methyl sites for hydroxylation is 2. The zero-order valence-corrected chi connectivity index (χ0v) is 10.4. The van der Waals surface area contributed by atoms with Gasteiger partial charge in [-0.15, -0.1) is 0 Å². The van der Waals surface area contributed by atoms with Gasteiger partial charge in [-0.2, -0.15) is 0 Å². The van der Waals surface area contributed by atoms with Gasteiger partial charge < -0.3 is 15.4 Å². The van der Waals surface area contributed by atoms with Crippen LogP contribution in [0.5, 0.6) is 0 Å². The molecular weight excluding hydrogens is 232 g/mol. The Morgan fingerprint density at radius 3 is 2.67 bits per heavy atom. The molecule has 0 saturated carbocycles. The van der Waals surface area contributed by atoms with Crippen LogP contribution in [0.4, 0.5) is 5.69 Å². The number of benzene rings is 1. The Bertz CT molecular complexity index is 465. The van der Waals surface area contributed by atoms with Crippen LogP contribution < -0.4 is 10.6 Å². The molecule has 1 aromatic carbocycles. The SMILES string of the molecule is Cc1cccc(C)c1NC(=O)C1COCC(=O)N1. The number of para-hydroxylation sites is 1. The number of nitrogens with one attached hydrogen (secondary N) is 2. The summed E-state index contributed by atoms with van der Waals surface area (Å²) in [5, 5.41) is 5.43. The number of ether oxygens (including phenoxy) is 1. The molecule has 1 fully saturated rings. The fourth-order valence-corrected chi connectivity index (χ4v) is 1.91. The first-order valence-electron chi connectivity index (χ1n) is 5.82. The highest BCUT2D eigenvalue weighted by molar-refractivity contribution is 5.98. The lowest BCUT2D eigenvalue weighted by molar-refractivity contribution is -0.136. The number of morpholine rings is 1. The van der Waals surface area contributed by atoms with Crippen molar-refractivity contribution >= 4 is 17.5 Å². The second kappa shape index (κ2) is 5.18. The first-order chi connectivity index (χ1) is 8.58. The molecular formula is C13H16N2O3. The van der Waals surface area contributed by atoms with E-state index in [4.69, 9.17) is 4.74 Å². The highest BCUT2D eigenvalue weighted by atomic mass is 16.5. The van der Waals surface area contributed by atoms with Gasteiger partial charge in [0, 0.05) is 5.69 Å². The molecule has 1 aliphatic heterocycles. The Labute approximate surface area is 106 Å². The van der Waals surface area contributed by atoms with Gasteiger partial charge in [-0.25, -0.2) is 0 Å². The fourth-order valence-electron chi connectivity index (χ4n) is 1.91. The summed E-state index contributed by atoms with van der Waals surface area (Å²) >= 11 is 0. The molecule has 1 aliphatic rings. The van der Waals surface area contributed by atoms with E-state index >= 15 is 0 Å². The Kier molecular flexibility index (Phi) is 3.62. The van der Waals surface area contributed by atoms with Gasteiger partial charge in [0.15, 0.2) is 0 Å². The third-order valence-electron chi connectivity index (χ3n) is 2.90. The van der Waals surface area contributed by atoms with Crippen molar-refractivity contribution < 1.29 is 14.3 Å². The minimum Gasteiger partial charge on any atom is -0.369 e. The van der Waals surface area contributed by atoms with Crippen molar-refractivity contribution in [2.24, 2.45) is 0 Å². The van der Waals surface area contributed by atoms with Crippen LogP contribution in [0.25, 0.3) is 0 Å². The molecule has 5 nitrogen and oxygen atoms in total. The maximum absolute atomic E-state index is 12.0. The second-order valence-corrected chi connectivity index (χ2v) is 4.39. The van der Waals surface area contributed by atoms with E-state index in [1.807, 2.05) is 32.0 Å². The average molecular weight is 248 g/mol. The van der Waals surface area contributed by atoms with Gasteiger partial charge in [-0.05, 0) is 25.0 Å². The molecule has 96 valence electrons. The molecule has 1 heterocycles. The van der Waals surface area contributed by atoms with Gasteiger partial charge in [0.2, 0.25) is 11.8 Å². The van der Waals surface area contributed by atoms with E-state index in [9.17, 15) is 9.59 Å². The standard InChI is InChI=1S/C13H16N2O3/c1-8-4-3-5-9(2)12(8)15-13(17)10-6-18-7-11(16)14-10/h3-5,10H,6-7H2,1-2H3,(H,14,16)(H,15,17).